The van der Waals surface area contributed by atoms with E-state index in [-0.39, 0.29) is 12.0 Å². The Hall–Kier alpha value is -3.29. The molecule has 0 saturated carbocycles. The third-order valence-electron chi connectivity index (χ3n) is 4.13. The van der Waals surface area contributed by atoms with Crippen molar-refractivity contribution in [1.29, 1.82) is 0 Å². The van der Waals surface area contributed by atoms with Gasteiger partial charge in [0.1, 0.15) is 18.1 Å². The number of hydrogen-bond donors (Lipinski definition) is 3. The number of amides is 2. The molecule has 0 radical (unpaired) electrons. The molecule has 2 atom stereocenters. The molecule has 0 saturated heterocycles. The first-order valence-electron chi connectivity index (χ1n) is 8.26. The lowest BCUT2D eigenvalue weighted by Gasteiger charge is -2.31. The maximum absolute atomic E-state index is 12.6. The van der Waals surface area contributed by atoms with Crippen molar-refractivity contribution in [1.82, 2.24) is 10.6 Å². The molecule has 2 unspecified atom stereocenters. The zero-order chi connectivity index (χ0) is 20.0. The van der Waals surface area contributed by atoms with Gasteiger partial charge in [-0.1, -0.05) is 12.1 Å². The van der Waals surface area contributed by atoms with Crippen LogP contribution in [0, 0.1) is 0 Å². The van der Waals surface area contributed by atoms with Gasteiger partial charge in [0.05, 0.1) is 30.9 Å². The largest absolute Gasteiger partial charge is 0.497 e. The van der Waals surface area contributed by atoms with E-state index < -0.39 is 29.4 Å². The van der Waals surface area contributed by atoms with Gasteiger partial charge in [0.2, 0.25) is 5.91 Å². The van der Waals surface area contributed by atoms with E-state index in [4.69, 9.17) is 9.15 Å². The van der Waals surface area contributed by atoms with Crippen LogP contribution in [0.4, 0.5) is 0 Å². The molecule has 1 aromatic carbocycles. The lowest BCUT2D eigenvalue weighted by molar-refractivity contribution is -0.139. The fourth-order valence-electron chi connectivity index (χ4n) is 2.61. The average Bonchev–Trinajstić information content (AvgIpc) is 3.15. The van der Waals surface area contributed by atoms with Crippen molar-refractivity contribution < 1.29 is 28.6 Å². The minimum absolute atomic E-state index is 0.288. The Morgan fingerprint density at radius 1 is 1.30 bits per heavy atom. The van der Waals surface area contributed by atoms with Crippen molar-refractivity contribution in [3.63, 3.8) is 0 Å². The molecule has 2 aromatic rings. The smallest absolute Gasteiger partial charge is 0.306 e. The quantitative estimate of drug-likeness (QED) is 0.650. The summed E-state index contributed by atoms with van der Waals surface area (Å²) in [5.74, 6) is -1.51. The van der Waals surface area contributed by atoms with Gasteiger partial charge in [-0.25, -0.2) is 0 Å². The SMILES string of the molecule is COc1cccc(C(C)(CC(=O)O)NC(=O)C(C)NC(=O)c2ccoc2)c1. The van der Waals surface area contributed by atoms with E-state index >= 15 is 0 Å². The Kier molecular flexibility index (Phi) is 6.23. The number of hydrogen-bond acceptors (Lipinski definition) is 5. The van der Waals surface area contributed by atoms with Crippen molar-refractivity contribution in [3.8, 4) is 5.75 Å². The lowest BCUT2D eigenvalue weighted by Crippen LogP contribution is -2.52. The summed E-state index contributed by atoms with van der Waals surface area (Å²) in [6, 6.07) is 7.40. The maximum Gasteiger partial charge on any atom is 0.306 e. The van der Waals surface area contributed by atoms with Crippen molar-refractivity contribution in [2.24, 2.45) is 0 Å². The highest BCUT2D eigenvalue weighted by molar-refractivity contribution is 5.97. The summed E-state index contributed by atoms with van der Waals surface area (Å²) in [5, 5.41) is 14.6. The summed E-state index contributed by atoms with van der Waals surface area (Å²) in [6.07, 6.45) is 2.28. The van der Waals surface area contributed by atoms with Crippen LogP contribution in [-0.4, -0.2) is 36.0 Å². The summed E-state index contributed by atoms with van der Waals surface area (Å²) in [4.78, 5) is 36.0. The number of aliphatic carboxylic acids is 1. The molecule has 0 spiro atoms. The summed E-state index contributed by atoms with van der Waals surface area (Å²) in [6.45, 7) is 3.12. The van der Waals surface area contributed by atoms with Crippen LogP contribution in [0.15, 0.2) is 47.3 Å². The van der Waals surface area contributed by atoms with E-state index in [1.165, 1.54) is 32.6 Å². The zero-order valence-electron chi connectivity index (χ0n) is 15.3. The Balaban J connectivity index is 2.17. The van der Waals surface area contributed by atoms with Crippen LogP contribution in [0.3, 0.4) is 0 Å². The molecular formula is C19H22N2O6. The zero-order valence-corrected chi connectivity index (χ0v) is 15.3. The van der Waals surface area contributed by atoms with Gasteiger partial charge >= 0.3 is 5.97 Å². The first kappa shape index (κ1) is 20.0. The Labute approximate surface area is 156 Å². The van der Waals surface area contributed by atoms with Crippen molar-refractivity contribution in [2.45, 2.75) is 31.8 Å². The second-order valence-corrected chi connectivity index (χ2v) is 6.33. The number of carbonyl (C=O) groups excluding carboxylic acids is 2. The first-order chi connectivity index (χ1) is 12.7. The predicted molar refractivity (Wildman–Crippen MR) is 96.4 cm³/mol. The number of furan rings is 1. The molecule has 8 heteroatoms. The second kappa shape index (κ2) is 8.39. The van der Waals surface area contributed by atoms with Crippen LogP contribution < -0.4 is 15.4 Å². The topological polar surface area (TPSA) is 118 Å². The number of methoxy groups -OCH3 is 1. The van der Waals surface area contributed by atoms with Crippen molar-refractivity contribution in [2.75, 3.05) is 7.11 Å². The van der Waals surface area contributed by atoms with Crippen molar-refractivity contribution in [3.05, 3.63) is 54.0 Å². The molecular weight excluding hydrogens is 352 g/mol. The molecule has 1 aromatic heterocycles. The Morgan fingerprint density at radius 3 is 2.63 bits per heavy atom. The van der Waals surface area contributed by atoms with Gasteiger partial charge in [-0.2, -0.15) is 0 Å². The number of carbonyl (C=O) groups is 3. The molecule has 0 fully saturated rings. The highest BCUT2D eigenvalue weighted by atomic mass is 16.5. The van der Waals surface area contributed by atoms with E-state index in [1.807, 2.05) is 0 Å². The van der Waals surface area contributed by atoms with Crippen LogP contribution >= 0.6 is 0 Å². The van der Waals surface area contributed by atoms with E-state index in [9.17, 15) is 19.5 Å². The number of nitrogens with one attached hydrogen (secondary N) is 2. The van der Waals surface area contributed by atoms with Gasteiger partial charge in [-0.15, -0.1) is 0 Å². The van der Waals surface area contributed by atoms with Crippen LogP contribution in [0.1, 0.15) is 36.2 Å². The van der Waals surface area contributed by atoms with Gasteiger partial charge in [0, 0.05) is 0 Å². The highest BCUT2D eigenvalue weighted by Crippen LogP contribution is 2.28. The average molecular weight is 374 g/mol. The Bertz CT molecular complexity index is 817. The van der Waals surface area contributed by atoms with Gasteiger partial charge < -0.3 is 24.9 Å². The molecule has 0 bridgehead atoms. The molecule has 0 aliphatic carbocycles. The van der Waals surface area contributed by atoms with Gasteiger partial charge in [-0.05, 0) is 37.6 Å². The molecule has 0 aliphatic heterocycles. The first-order valence-corrected chi connectivity index (χ1v) is 8.26. The van der Waals surface area contributed by atoms with E-state index in [1.54, 1.807) is 31.2 Å². The van der Waals surface area contributed by atoms with Crippen LogP contribution in [0.2, 0.25) is 0 Å². The van der Waals surface area contributed by atoms with Crippen molar-refractivity contribution >= 4 is 17.8 Å². The standard InChI is InChI=1S/C19H22N2O6/c1-12(20-18(25)13-7-8-27-11-13)17(24)21-19(2,10-16(22)23)14-5-4-6-15(9-14)26-3/h4-9,11-12H,10H2,1-3H3,(H,20,25)(H,21,24)(H,22,23). The number of carboxylic acid groups (broad SMARTS) is 1. The van der Waals surface area contributed by atoms with Gasteiger partial charge in [-0.3, -0.25) is 14.4 Å². The number of ether oxygens (including phenoxy) is 1. The van der Waals surface area contributed by atoms with E-state index in [0.29, 0.717) is 11.3 Å². The molecule has 3 N–H and O–H groups in total. The van der Waals surface area contributed by atoms with Crippen LogP contribution in [0.5, 0.6) is 5.75 Å². The summed E-state index contributed by atoms with van der Waals surface area (Å²) in [5.41, 5.74) is -0.326. The molecule has 27 heavy (non-hydrogen) atoms. The highest BCUT2D eigenvalue weighted by Gasteiger charge is 2.33. The minimum Gasteiger partial charge on any atom is -0.497 e. The molecule has 1 heterocycles. The fraction of sp³-hybridized carbons (Fsp3) is 0.316. The molecule has 8 nitrogen and oxygen atoms in total. The minimum atomic E-state index is -1.19. The number of carboxylic acids is 1. The van der Waals surface area contributed by atoms with E-state index in [2.05, 4.69) is 10.6 Å². The fourth-order valence-corrected chi connectivity index (χ4v) is 2.61. The second-order valence-electron chi connectivity index (χ2n) is 6.33. The molecule has 2 amide bonds. The third-order valence-corrected chi connectivity index (χ3v) is 4.13. The lowest BCUT2D eigenvalue weighted by atomic mass is 9.88. The third kappa shape index (κ3) is 5.10. The van der Waals surface area contributed by atoms with Gasteiger partial charge in [0.25, 0.3) is 5.91 Å². The summed E-state index contributed by atoms with van der Waals surface area (Å²) in [7, 11) is 1.50. The summed E-state index contributed by atoms with van der Waals surface area (Å²) < 4.78 is 10.0. The molecule has 0 aliphatic rings. The Morgan fingerprint density at radius 2 is 2.04 bits per heavy atom. The summed E-state index contributed by atoms with van der Waals surface area (Å²) >= 11 is 0. The number of benzene rings is 1. The number of rotatable bonds is 8. The monoisotopic (exact) mass is 374 g/mol. The van der Waals surface area contributed by atoms with Crippen LogP contribution in [0.25, 0.3) is 0 Å². The van der Waals surface area contributed by atoms with E-state index in [0.717, 1.165) is 0 Å². The van der Waals surface area contributed by atoms with Crippen LogP contribution in [-0.2, 0) is 15.1 Å². The molecule has 144 valence electrons. The maximum atomic E-state index is 12.6. The van der Waals surface area contributed by atoms with Gasteiger partial charge in [0.15, 0.2) is 0 Å². The molecule has 2 rings (SSSR count). The predicted octanol–water partition coefficient (Wildman–Crippen LogP) is 1.91. The normalized spacial score (nSPS) is 13.9.